The van der Waals surface area contributed by atoms with Crippen LogP contribution in [0.1, 0.15) is 20.3 Å². The molecule has 1 aromatic rings. The van der Waals surface area contributed by atoms with E-state index in [1.807, 2.05) is 0 Å². The first-order valence-corrected chi connectivity index (χ1v) is 6.22. The number of anilines is 1. The zero-order valence-electron chi connectivity index (χ0n) is 10.3. The first-order valence-electron chi connectivity index (χ1n) is 6.22. The molecule has 1 aliphatic heterocycles. The van der Waals surface area contributed by atoms with E-state index >= 15 is 0 Å². The second-order valence-electron chi connectivity index (χ2n) is 5.24. The van der Waals surface area contributed by atoms with E-state index in [0.717, 1.165) is 24.9 Å². The van der Waals surface area contributed by atoms with Crippen LogP contribution < -0.4 is 10.6 Å². The predicted molar refractivity (Wildman–Crippen MR) is 69.6 cm³/mol. The Kier molecular flexibility index (Phi) is 3.49. The molecule has 2 nitrogen and oxygen atoms in total. The minimum Gasteiger partial charge on any atom is -0.370 e. The fraction of sp³-hybridized carbons (Fsp3) is 0.571. The van der Waals surface area contributed by atoms with E-state index in [1.54, 1.807) is 0 Å². The Balaban J connectivity index is 2.11. The van der Waals surface area contributed by atoms with E-state index in [1.165, 1.54) is 12.1 Å². The van der Waals surface area contributed by atoms with Gasteiger partial charge in [-0.05, 0) is 30.4 Å². The summed E-state index contributed by atoms with van der Waals surface area (Å²) in [6.07, 6.45) is 1.17. The molecule has 16 heavy (non-hydrogen) atoms. The Morgan fingerprint density at radius 1 is 1.19 bits per heavy atom. The lowest BCUT2D eigenvalue weighted by molar-refractivity contribution is 0.298. The van der Waals surface area contributed by atoms with Gasteiger partial charge in [-0.1, -0.05) is 32.0 Å². The van der Waals surface area contributed by atoms with Gasteiger partial charge in [-0.25, -0.2) is 0 Å². The van der Waals surface area contributed by atoms with Crippen molar-refractivity contribution in [3.63, 3.8) is 0 Å². The number of rotatable bonds is 2. The number of benzene rings is 1. The summed E-state index contributed by atoms with van der Waals surface area (Å²) in [5.74, 6) is 1.45. The monoisotopic (exact) mass is 218 g/mol. The first kappa shape index (κ1) is 11.5. The number of hydrogen-bond donors (Lipinski definition) is 1. The zero-order chi connectivity index (χ0) is 11.5. The molecular weight excluding hydrogens is 196 g/mol. The maximum Gasteiger partial charge on any atom is 0.0366 e. The van der Waals surface area contributed by atoms with Gasteiger partial charge in [-0.15, -0.1) is 0 Å². The standard InChI is InChI=1S/C14H22N2/c1-11(2)12-8-13(15)10-16(9-12)14-6-4-3-5-7-14/h3-7,11-13H,8-10,15H2,1-2H3. The molecule has 0 radical (unpaired) electrons. The van der Waals surface area contributed by atoms with Gasteiger partial charge >= 0.3 is 0 Å². The third-order valence-corrected chi connectivity index (χ3v) is 3.58. The normalized spacial score (nSPS) is 26.1. The molecule has 0 aromatic heterocycles. The van der Waals surface area contributed by atoms with Gasteiger partial charge in [-0.2, -0.15) is 0 Å². The minimum atomic E-state index is 0.321. The summed E-state index contributed by atoms with van der Waals surface area (Å²) in [7, 11) is 0. The fourth-order valence-electron chi connectivity index (χ4n) is 2.51. The average molecular weight is 218 g/mol. The third kappa shape index (κ3) is 2.56. The van der Waals surface area contributed by atoms with Crippen LogP contribution in [0, 0.1) is 11.8 Å². The molecule has 1 aromatic carbocycles. The molecule has 0 saturated carbocycles. The molecule has 2 atom stereocenters. The summed E-state index contributed by atoms with van der Waals surface area (Å²) in [4.78, 5) is 2.43. The van der Waals surface area contributed by atoms with E-state index in [4.69, 9.17) is 5.73 Å². The molecule has 0 bridgehead atoms. The molecule has 1 heterocycles. The van der Waals surface area contributed by atoms with Crippen molar-refractivity contribution in [3.05, 3.63) is 30.3 Å². The SMILES string of the molecule is CC(C)C1CC(N)CN(c2ccccc2)C1. The van der Waals surface area contributed by atoms with Crippen molar-refractivity contribution in [1.82, 2.24) is 0 Å². The van der Waals surface area contributed by atoms with Crippen LogP contribution in [0.3, 0.4) is 0 Å². The summed E-state index contributed by atoms with van der Waals surface area (Å²) in [6.45, 7) is 6.74. The highest BCUT2D eigenvalue weighted by Gasteiger charge is 2.26. The molecule has 2 unspecified atom stereocenters. The summed E-state index contributed by atoms with van der Waals surface area (Å²) in [5.41, 5.74) is 7.46. The predicted octanol–water partition coefficient (Wildman–Crippen LogP) is 2.50. The summed E-state index contributed by atoms with van der Waals surface area (Å²) in [5, 5.41) is 0. The lowest BCUT2D eigenvalue weighted by Crippen LogP contribution is -2.48. The van der Waals surface area contributed by atoms with Crippen molar-refractivity contribution in [2.45, 2.75) is 26.3 Å². The van der Waals surface area contributed by atoms with Crippen LogP contribution in [0.2, 0.25) is 0 Å². The van der Waals surface area contributed by atoms with Crippen LogP contribution in [-0.2, 0) is 0 Å². The van der Waals surface area contributed by atoms with Crippen molar-refractivity contribution >= 4 is 5.69 Å². The van der Waals surface area contributed by atoms with E-state index in [2.05, 4.69) is 49.1 Å². The van der Waals surface area contributed by atoms with E-state index in [-0.39, 0.29) is 0 Å². The van der Waals surface area contributed by atoms with E-state index in [0.29, 0.717) is 6.04 Å². The van der Waals surface area contributed by atoms with Crippen molar-refractivity contribution in [2.24, 2.45) is 17.6 Å². The summed E-state index contributed by atoms with van der Waals surface area (Å²) in [6, 6.07) is 10.9. The maximum absolute atomic E-state index is 6.15. The van der Waals surface area contributed by atoms with Gasteiger partial charge in [-0.3, -0.25) is 0 Å². The van der Waals surface area contributed by atoms with Gasteiger partial charge in [0.25, 0.3) is 0 Å². The summed E-state index contributed by atoms with van der Waals surface area (Å²) >= 11 is 0. The topological polar surface area (TPSA) is 29.3 Å². The van der Waals surface area contributed by atoms with Crippen LogP contribution in [0.4, 0.5) is 5.69 Å². The molecule has 2 heteroatoms. The molecule has 2 rings (SSSR count). The molecule has 1 saturated heterocycles. The zero-order valence-corrected chi connectivity index (χ0v) is 10.3. The number of nitrogens with zero attached hydrogens (tertiary/aromatic N) is 1. The second kappa shape index (κ2) is 4.88. The molecule has 0 amide bonds. The fourth-order valence-corrected chi connectivity index (χ4v) is 2.51. The Labute approximate surface area is 98.4 Å². The molecule has 1 fully saturated rings. The number of hydrogen-bond acceptors (Lipinski definition) is 2. The highest BCUT2D eigenvalue weighted by atomic mass is 15.2. The van der Waals surface area contributed by atoms with Crippen LogP contribution in [0.25, 0.3) is 0 Å². The lowest BCUT2D eigenvalue weighted by Gasteiger charge is -2.39. The van der Waals surface area contributed by atoms with E-state index < -0.39 is 0 Å². The van der Waals surface area contributed by atoms with Gasteiger partial charge in [0.1, 0.15) is 0 Å². The lowest BCUT2D eigenvalue weighted by atomic mass is 9.85. The number of nitrogens with two attached hydrogens (primary N) is 1. The number of piperidine rings is 1. The molecular formula is C14H22N2. The molecule has 0 aliphatic carbocycles. The Morgan fingerprint density at radius 3 is 2.50 bits per heavy atom. The maximum atomic E-state index is 6.15. The Hall–Kier alpha value is -1.02. The summed E-state index contributed by atoms with van der Waals surface area (Å²) < 4.78 is 0. The van der Waals surface area contributed by atoms with Crippen molar-refractivity contribution in [1.29, 1.82) is 0 Å². The van der Waals surface area contributed by atoms with Crippen LogP contribution in [0.15, 0.2) is 30.3 Å². The average Bonchev–Trinajstić information content (AvgIpc) is 2.29. The number of para-hydroxylation sites is 1. The third-order valence-electron chi connectivity index (χ3n) is 3.58. The molecule has 88 valence electrons. The van der Waals surface area contributed by atoms with Gasteiger partial charge in [0.2, 0.25) is 0 Å². The highest BCUT2D eigenvalue weighted by Crippen LogP contribution is 2.26. The van der Waals surface area contributed by atoms with Crippen molar-refractivity contribution in [2.75, 3.05) is 18.0 Å². The minimum absolute atomic E-state index is 0.321. The van der Waals surface area contributed by atoms with Gasteiger partial charge in [0, 0.05) is 24.8 Å². The quantitative estimate of drug-likeness (QED) is 0.826. The van der Waals surface area contributed by atoms with Crippen molar-refractivity contribution in [3.8, 4) is 0 Å². The van der Waals surface area contributed by atoms with Crippen LogP contribution in [0.5, 0.6) is 0 Å². The van der Waals surface area contributed by atoms with Gasteiger partial charge in [0.15, 0.2) is 0 Å². The van der Waals surface area contributed by atoms with Crippen molar-refractivity contribution < 1.29 is 0 Å². The highest BCUT2D eigenvalue weighted by molar-refractivity contribution is 5.46. The van der Waals surface area contributed by atoms with Crippen LogP contribution >= 0.6 is 0 Å². The van der Waals surface area contributed by atoms with Crippen LogP contribution in [-0.4, -0.2) is 19.1 Å². The first-order chi connectivity index (χ1) is 7.66. The van der Waals surface area contributed by atoms with Gasteiger partial charge < -0.3 is 10.6 Å². The Bertz CT molecular complexity index is 321. The second-order valence-corrected chi connectivity index (χ2v) is 5.24. The Morgan fingerprint density at radius 2 is 1.88 bits per heavy atom. The molecule has 0 spiro atoms. The molecule has 1 aliphatic rings. The smallest absolute Gasteiger partial charge is 0.0366 e. The van der Waals surface area contributed by atoms with Gasteiger partial charge in [0.05, 0.1) is 0 Å². The molecule has 2 N–H and O–H groups in total. The largest absolute Gasteiger partial charge is 0.370 e. The van der Waals surface area contributed by atoms with E-state index in [9.17, 15) is 0 Å².